The molecule has 9 heteroatoms. The van der Waals surface area contributed by atoms with Crippen LogP contribution in [0.4, 0.5) is 13.2 Å². The van der Waals surface area contributed by atoms with E-state index in [0.29, 0.717) is 12.4 Å². The Kier molecular flexibility index (Phi) is 5.04. The number of rotatable bonds is 3. The lowest BCUT2D eigenvalue weighted by atomic mass is 10.2. The van der Waals surface area contributed by atoms with Crippen molar-refractivity contribution < 1.29 is 27.4 Å². The molecule has 0 radical (unpaired) electrons. The van der Waals surface area contributed by atoms with Gasteiger partial charge in [0, 0.05) is 17.7 Å². The first-order chi connectivity index (χ1) is 9.93. The Balaban J connectivity index is 2.37. The number of nitrogens with zero attached hydrogens (tertiary/aromatic N) is 2. The molecular weight excluding hydrogens is 309 g/mol. The number of carbonyl (C=O) groups is 1. The summed E-state index contributed by atoms with van der Waals surface area (Å²) in [5.74, 6) is 0.109. The second-order valence-corrected chi connectivity index (χ2v) is 5.29. The first kappa shape index (κ1) is 16.0. The van der Waals surface area contributed by atoms with Crippen LogP contribution in [0, 0.1) is 0 Å². The third kappa shape index (κ3) is 3.85. The predicted octanol–water partition coefficient (Wildman–Crippen LogP) is 2.48. The highest BCUT2D eigenvalue weighted by atomic mass is 32.2. The highest BCUT2D eigenvalue weighted by molar-refractivity contribution is 7.99. The molecule has 21 heavy (non-hydrogen) atoms. The van der Waals surface area contributed by atoms with Crippen molar-refractivity contribution in [3.8, 4) is 0 Å². The van der Waals surface area contributed by atoms with Crippen LogP contribution in [0.1, 0.15) is 34.9 Å². The minimum Gasteiger partial charge on any atom is -0.462 e. The number of hydrogen-bond donors (Lipinski definition) is 0. The van der Waals surface area contributed by atoms with E-state index in [1.807, 2.05) is 0 Å². The quantitative estimate of drug-likeness (QED) is 0.797. The van der Waals surface area contributed by atoms with Gasteiger partial charge in [-0.1, -0.05) is 0 Å². The Morgan fingerprint density at radius 2 is 2.33 bits per heavy atom. The summed E-state index contributed by atoms with van der Waals surface area (Å²) in [5.41, 5.74) is -1.97. The van der Waals surface area contributed by atoms with Gasteiger partial charge >= 0.3 is 12.1 Å². The fraction of sp³-hybridized carbons (Fsp3) is 0.583. The summed E-state index contributed by atoms with van der Waals surface area (Å²) in [6.45, 7) is 1.91. The lowest BCUT2D eigenvalue weighted by molar-refractivity contribution is -0.142. The maximum Gasteiger partial charge on any atom is 0.434 e. The summed E-state index contributed by atoms with van der Waals surface area (Å²) in [4.78, 5) is 18.9. The van der Waals surface area contributed by atoms with Crippen LogP contribution in [0.25, 0.3) is 0 Å². The summed E-state index contributed by atoms with van der Waals surface area (Å²) in [5, 5.41) is 0. The molecule has 0 aromatic carbocycles. The van der Waals surface area contributed by atoms with Crippen LogP contribution in [0.15, 0.2) is 6.20 Å². The molecule has 2 rings (SSSR count). The van der Waals surface area contributed by atoms with E-state index < -0.39 is 29.5 Å². The van der Waals surface area contributed by atoms with E-state index in [-0.39, 0.29) is 12.4 Å². The molecule has 0 bridgehead atoms. The highest BCUT2D eigenvalue weighted by Gasteiger charge is 2.39. The third-order valence-corrected chi connectivity index (χ3v) is 3.67. The SMILES string of the molecule is CCOC(=O)c1cnc(C2CSCCO2)nc1C(F)(F)F. The van der Waals surface area contributed by atoms with Crippen molar-refractivity contribution in [1.82, 2.24) is 9.97 Å². The first-order valence-corrected chi connectivity index (χ1v) is 7.39. The molecule has 0 saturated carbocycles. The normalized spacial score (nSPS) is 19.3. The summed E-state index contributed by atoms with van der Waals surface area (Å²) in [6, 6.07) is 0. The average Bonchev–Trinajstić information content (AvgIpc) is 2.47. The van der Waals surface area contributed by atoms with Crippen molar-refractivity contribution in [2.24, 2.45) is 0 Å². The molecule has 1 unspecified atom stereocenters. The van der Waals surface area contributed by atoms with Gasteiger partial charge in [0.15, 0.2) is 11.5 Å². The molecule has 0 N–H and O–H groups in total. The number of alkyl halides is 3. The maximum absolute atomic E-state index is 13.1. The van der Waals surface area contributed by atoms with E-state index in [2.05, 4.69) is 14.7 Å². The van der Waals surface area contributed by atoms with Crippen LogP contribution in [0.5, 0.6) is 0 Å². The van der Waals surface area contributed by atoms with Crippen molar-refractivity contribution in [2.75, 3.05) is 24.7 Å². The van der Waals surface area contributed by atoms with Gasteiger partial charge in [-0.2, -0.15) is 24.9 Å². The number of esters is 1. The Morgan fingerprint density at radius 3 is 2.90 bits per heavy atom. The molecule has 116 valence electrons. The van der Waals surface area contributed by atoms with Gasteiger partial charge in [-0.15, -0.1) is 0 Å². The number of halogens is 3. The molecule has 2 heterocycles. The van der Waals surface area contributed by atoms with Crippen molar-refractivity contribution in [3.05, 3.63) is 23.3 Å². The van der Waals surface area contributed by atoms with Crippen LogP contribution in [0.3, 0.4) is 0 Å². The molecule has 1 aromatic heterocycles. The Bertz CT molecular complexity index is 519. The monoisotopic (exact) mass is 322 g/mol. The Hall–Kier alpha value is -1.35. The largest absolute Gasteiger partial charge is 0.462 e. The van der Waals surface area contributed by atoms with E-state index in [0.717, 1.165) is 11.9 Å². The first-order valence-electron chi connectivity index (χ1n) is 6.24. The van der Waals surface area contributed by atoms with Crippen molar-refractivity contribution in [3.63, 3.8) is 0 Å². The van der Waals surface area contributed by atoms with Gasteiger partial charge in [-0.25, -0.2) is 14.8 Å². The number of hydrogen-bond acceptors (Lipinski definition) is 6. The van der Waals surface area contributed by atoms with Crippen molar-refractivity contribution >= 4 is 17.7 Å². The minimum atomic E-state index is -4.76. The van der Waals surface area contributed by atoms with E-state index in [1.165, 1.54) is 6.92 Å². The fourth-order valence-corrected chi connectivity index (χ4v) is 2.60. The smallest absolute Gasteiger partial charge is 0.434 e. The molecule has 1 aliphatic rings. The third-order valence-electron chi connectivity index (χ3n) is 2.68. The molecule has 0 amide bonds. The Morgan fingerprint density at radius 1 is 1.57 bits per heavy atom. The van der Waals surface area contributed by atoms with Gasteiger partial charge in [-0.3, -0.25) is 0 Å². The van der Waals surface area contributed by atoms with E-state index >= 15 is 0 Å². The van der Waals surface area contributed by atoms with Crippen molar-refractivity contribution in [2.45, 2.75) is 19.2 Å². The van der Waals surface area contributed by atoms with Crippen LogP contribution in [-0.4, -0.2) is 40.7 Å². The summed E-state index contributed by atoms with van der Waals surface area (Å²) >= 11 is 1.55. The van der Waals surface area contributed by atoms with Crippen LogP contribution in [-0.2, 0) is 15.7 Å². The zero-order chi connectivity index (χ0) is 15.5. The van der Waals surface area contributed by atoms with E-state index in [4.69, 9.17) is 4.74 Å². The molecule has 5 nitrogen and oxygen atoms in total. The fourth-order valence-electron chi connectivity index (χ4n) is 1.76. The number of ether oxygens (including phenoxy) is 2. The molecule has 1 aliphatic heterocycles. The van der Waals surface area contributed by atoms with E-state index in [9.17, 15) is 18.0 Å². The molecule has 1 saturated heterocycles. The van der Waals surface area contributed by atoms with Gasteiger partial charge in [0.1, 0.15) is 11.7 Å². The topological polar surface area (TPSA) is 61.3 Å². The van der Waals surface area contributed by atoms with Crippen LogP contribution >= 0.6 is 11.8 Å². The van der Waals surface area contributed by atoms with Gasteiger partial charge in [0.05, 0.1) is 13.2 Å². The second-order valence-electron chi connectivity index (χ2n) is 4.14. The van der Waals surface area contributed by atoms with Crippen LogP contribution < -0.4 is 0 Å². The summed E-state index contributed by atoms with van der Waals surface area (Å²) < 4.78 is 49.1. The molecule has 1 atom stereocenters. The van der Waals surface area contributed by atoms with Gasteiger partial charge in [-0.05, 0) is 6.92 Å². The summed E-state index contributed by atoms with van der Waals surface area (Å²) in [6.07, 6.45) is -4.51. The maximum atomic E-state index is 13.1. The summed E-state index contributed by atoms with van der Waals surface area (Å²) in [7, 11) is 0. The number of thioether (sulfide) groups is 1. The van der Waals surface area contributed by atoms with Gasteiger partial charge < -0.3 is 9.47 Å². The van der Waals surface area contributed by atoms with Gasteiger partial charge in [0.25, 0.3) is 0 Å². The molecular formula is C12H13F3N2O3S. The lowest BCUT2D eigenvalue weighted by Crippen LogP contribution is -2.23. The minimum absolute atomic E-state index is 0.0275. The standard InChI is InChI=1S/C12H13F3N2O3S/c1-2-19-11(18)7-5-16-10(8-6-21-4-3-20-8)17-9(7)12(13,14)15/h5,8H,2-4,6H2,1H3. The van der Waals surface area contributed by atoms with E-state index in [1.54, 1.807) is 11.8 Å². The average molecular weight is 322 g/mol. The zero-order valence-corrected chi connectivity index (χ0v) is 12.0. The molecule has 0 aliphatic carbocycles. The number of carbonyl (C=O) groups excluding carboxylic acids is 1. The van der Waals surface area contributed by atoms with Gasteiger partial charge in [0.2, 0.25) is 0 Å². The van der Waals surface area contributed by atoms with Crippen molar-refractivity contribution in [1.29, 1.82) is 0 Å². The van der Waals surface area contributed by atoms with Crippen LogP contribution in [0.2, 0.25) is 0 Å². The lowest BCUT2D eigenvalue weighted by Gasteiger charge is -2.22. The molecule has 1 fully saturated rings. The zero-order valence-electron chi connectivity index (χ0n) is 11.1. The Labute approximate surface area is 123 Å². The second kappa shape index (κ2) is 6.61. The molecule has 0 spiro atoms. The number of aromatic nitrogens is 2. The highest BCUT2D eigenvalue weighted by Crippen LogP contribution is 2.32. The predicted molar refractivity (Wildman–Crippen MR) is 69.0 cm³/mol. The molecule has 1 aromatic rings.